The second kappa shape index (κ2) is 8.20. The number of rotatable bonds is 6. The number of nitrogens with one attached hydrogen (secondary N) is 1. The molecule has 1 aliphatic heterocycles. The van der Waals surface area contributed by atoms with E-state index in [0.29, 0.717) is 18.3 Å². The Morgan fingerprint density at radius 3 is 2.81 bits per heavy atom. The average molecular weight is 454 g/mol. The first-order valence-electron chi connectivity index (χ1n) is 9.34. The summed E-state index contributed by atoms with van der Waals surface area (Å²) in [6, 6.07) is 4.74. The highest BCUT2D eigenvalue weighted by Crippen LogP contribution is 2.36. The predicted octanol–water partition coefficient (Wildman–Crippen LogP) is 2.00. The first-order chi connectivity index (χ1) is 15.3. The van der Waals surface area contributed by atoms with E-state index in [1.165, 1.54) is 30.0 Å². The number of benzene rings is 1. The van der Waals surface area contributed by atoms with Crippen LogP contribution in [0, 0.1) is 0 Å². The Bertz CT molecular complexity index is 1460. The first-order valence-corrected chi connectivity index (χ1v) is 11.2. The zero-order valence-corrected chi connectivity index (χ0v) is 18.1. The summed E-state index contributed by atoms with van der Waals surface area (Å²) in [6.45, 7) is 2.22. The lowest BCUT2D eigenvalue weighted by Gasteiger charge is -2.14. The molecular formula is C20H18N6O5S. The van der Waals surface area contributed by atoms with Gasteiger partial charge >= 0.3 is 0 Å². The molecule has 0 fully saturated rings. The van der Waals surface area contributed by atoms with E-state index < -0.39 is 10.0 Å². The van der Waals surface area contributed by atoms with Gasteiger partial charge in [0.05, 0.1) is 32.2 Å². The van der Waals surface area contributed by atoms with Crippen molar-refractivity contribution in [3.8, 4) is 17.2 Å². The monoisotopic (exact) mass is 454 g/mol. The number of fused-ring (bicyclic) bond motifs is 1. The normalized spacial score (nSPS) is 13.1. The van der Waals surface area contributed by atoms with Crippen LogP contribution >= 0.6 is 0 Å². The van der Waals surface area contributed by atoms with Gasteiger partial charge in [-0.3, -0.25) is 9.29 Å². The molecule has 2 aromatic heterocycles. The number of aromatic nitrogens is 4. The number of phenols is 1. The fraction of sp³-hybridized carbons (Fsp3) is 0.200. The van der Waals surface area contributed by atoms with Crippen molar-refractivity contribution in [2.45, 2.75) is 6.92 Å². The molecule has 0 saturated carbocycles. The second-order valence-corrected chi connectivity index (χ2v) is 8.27. The van der Waals surface area contributed by atoms with E-state index in [2.05, 4.69) is 36.1 Å². The fourth-order valence-electron chi connectivity index (χ4n) is 3.03. The summed E-state index contributed by atoms with van der Waals surface area (Å²) < 4.78 is 38.0. The minimum absolute atomic E-state index is 0.0198. The summed E-state index contributed by atoms with van der Waals surface area (Å²) in [6.07, 6.45) is 3.78. The van der Waals surface area contributed by atoms with Crippen molar-refractivity contribution in [3.63, 3.8) is 0 Å². The van der Waals surface area contributed by atoms with Crippen LogP contribution in [0.4, 0.5) is 5.82 Å². The Morgan fingerprint density at radius 1 is 1.28 bits per heavy atom. The van der Waals surface area contributed by atoms with Crippen LogP contribution in [0.5, 0.6) is 11.5 Å². The first kappa shape index (κ1) is 21.1. The molecule has 32 heavy (non-hydrogen) atoms. The summed E-state index contributed by atoms with van der Waals surface area (Å²) in [5, 5.41) is 10.7. The zero-order chi connectivity index (χ0) is 22.9. The number of sulfonamides is 1. The largest absolute Gasteiger partial charge is 0.506 e. The number of aliphatic imine (C=N–C) groups is 1. The Balaban J connectivity index is 2.04. The number of para-hydroxylation sites is 1. The van der Waals surface area contributed by atoms with Crippen LogP contribution in [-0.2, 0) is 14.8 Å². The van der Waals surface area contributed by atoms with Crippen molar-refractivity contribution in [1.29, 1.82) is 0 Å². The predicted molar refractivity (Wildman–Crippen MR) is 117 cm³/mol. The molecule has 0 spiro atoms. The molecule has 3 heterocycles. The molecular weight excluding hydrogens is 436 g/mol. The van der Waals surface area contributed by atoms with Crippen molar-refractivity contribution >= 4 is 38.7 Å². The van der Waals surface area contributed by atoms with Gasteiger partial charge in [-0.05, 0) is 24.8 Å². The highest BCUT2D eigenvalue weighted by Gasteiger charge is 2.24. The number of ether oxygens (including phenoxy) is 2. The van der Waals surface area contributed by atoms with Crippen LogP contribution < -0.4 is 9.46 Å². The van der Waals surface area contributed by atoms with E-state index in [4.69, 9.17) is 9.47 Å². The van der Waals surface area contributed by atoms with Crippen molar-refractivity contribution in [1.82, 2.24) is 19.5 Å². The zero-order valence-electron chi connectivity index (χ0n) is 17.3. The molecule has 0 radical (unpaired) electrons. The standard InChI is InChI=1S/C20H18N6O5S/c1-4-31-16-10-5-7-12(22-16)19-24-18-20(23-15(11-21-18)25-32(3,28)29)26(19)17-13(27)8-6-9-14(17)30-2/h6,8-11,27H,4H2,1-3H3,(H,23,25). The van der Waals surface area contributed by atoms with Gasteiger partial charge in [0, 0.05) is 0 Å². The summed E-state index contributed by atoms with van der Waals surface area (Å²) >= 11 is 0. The van der Waals surface area contributed by atoms with Crippen molar-refractivity contribution < 1.29 is 23.0 Å². The highest BCUT2D eigenvalue weighted by molar-refractivity contribution is 7.92. The van der Waals surface area contributed by atoms with Gasteiger partial charge in [0.1, 0.15) is 17.2 Å². The lowest BCUT2D eigenvalue weighted by Crippen LogP contribution is -2.12. The average Bonchev–Trinajstić information content (AvgIpc) is 3.11. The van der Waals surface area contributed by atoms with Gasteiger partial charge in [-0.15, -0.1) is 0 Å². The summed E-state index contributed by atoms with van der Waals surface area (Å²) in [5.74, 6) is 0.698. The maximum atomic E-state index is 11.7. The number of hydrogen-bond acceptors (Lipinski definition) is 9. The highest BCUT2D eigenvalue weighted by atomic mass is 32.2. The van der Waals surface area contributed by atoms with E-state index >= 15 is 0 Å². The third-order valence-electron chi connectivity index (χ3n) is 4.19. The maximum absolute atomic E-state index is 11.7. The number of hydrogen-bond donors (Lipinski definition) is 2. The van der Waals surface area contributed by atoms with E-state index in [1.807, 2.05) is 6.92 Å². The van der Waals surface area contributed by atoms with E-state index in [1.54, 1.807) is 12.1 Å². The van der Waals surface area contributed by atoms with Gasteiger partial charge in [0.15, 0.2) is 28.6 Å². The number of aromatic hydroxyl groups is 1. The van der Waals surface area contributed by atoms with E-state index in [9.17, 15) is 13.5 Å². The Hall–Kier alpha value is -4.11. The van der Waals surface area contributed by atoms with E-state index in [-0.39, 0.29) is 40.1 Å². The minimum atomic E-state index is -3.60. The van der Waals surface area contributed by atoms with Gasteiger partial charge in [0.2, 0.25) is 15.9 Å². The van der Waals surface area contributed by atoms with E-state index in [0.717, 1.165) is 6.26 Å². The summed E-state index contributed by atoms with van der Waals surface area (Å²) in [5.41, 5.74) is 6.51. The number of nitrogens with zero attached hydrogens (tertiary/aromatic N) is 5. The topological polar surface area (TPSA) is 141 Å². The quantitative estimate of drug-likeness (QED) is 0.539. The van der Waals surface area contributed by atoms with Crippen LogP contribution in [0.15, 0.2) is 46.9 Å². The van der Waals surface area contributed by atoms with Gasteiger partial charge in [-0.1, -0.05) is 11.8 Å². The number of phenolic OH excluding ortho intramolecular Hbond substituents is 1. The maximum Gasteiger partial charge on any atom is 0.231 e. The molecule has 12 heteroatoms. The van der Waals surface area contributed by atoms with Crippen LogP contribution in [0.2, 0.25) is 0 Å². The molecule has 0 unspecified atom stereocenters. The molecule has 0 atom stereocenters. The molecule has 0 aliphatic carbocycles. The summed E-state index contributed by atoms with van der Waals surface area (Å²) in [7, 11) is -2.15. The van der Waals surface area contributed by atoms with Crippen LogP contribution in [0.3, 0.4) is 0 Å². The lowest BCUT2D eigenvalue weighted by molar-refractivity contribution is 0.330. The molecule has 0 saturated heterocycles. The molecule has 11 nitrogen and oxygen atoms in total. The molecule has 4 rings (SSSR count). The van der Waals surface area contributed by atoms with Crippen LogP contribution in [0.1, 0.15) is 12.7 Å². The molecule has 3 aromatic rings. The summed E-state index contributed by atoms with van der Waals surface area (Å²) in [4.78, 5) is 17.5. The number of methoxy groups -OCH3 is 1. The van der Waals surface area contributed by atoms with Crippen LogP contribution in [0.25, 0.3) is 22.7 Å². The van der Waals surface area contributed by atoms with Crippen molar-refractivity contribution in [3.05, 3.63) is 47.8 Å². The third kappa shape index (κ3) is 4.06. The van der Waals surface area contributed by atoms with Crippen molar-refractivity contribution in [2.75, 3.05) is 24.7 Å². The Kier molecular flexibility index (Phi) is 5.41. The molecule has 1 aromatic carbocycles. The molecule has 1 aliphatic rings. The Morgan fingerprint density at radius 2 is 2.09 bits per heavy atom. The van der Waals surface area contributed by atoms with Crippen molar-refractivity contribution in [2.24, 2.45) is 4.99 Å². The molecule has 0 amide bonds. The smallest absolute Gasteiger partial charge is 0.231 e. The van der Waals surface area contributed by atoms with Gasteiger partial charge in [-0.25, -0.2) is 28.4 Å². The number of anilines is 1. The minimum Gasteiger partial charge on any atom is -0.506 e. The second-order valence-electron chi connectivity index (χ2n) is 6.52. The fourth-order valence-corrected chi connectivity index (χ4v) is 3.51. The number of imidazole rings is 1. The van der Waals surface area contributed by atoms with Crippen LogP contribution in [-0.4, -0.2) is 58.9 Å². The SMILES string of the molecule is CCOC1=NC(c2nc3ncc(NS(C)(=O)=O)nc3n2-c2c(O)cccc2OC)=C=C=C1. The van der Waals surface area contributed by atoms with Gasteiger partial charge in [0.25, 0.3) is 0 Å². The van der Waals surface area contributed by atoms with Gasteiger partial charge in [-0.2, -0.15) is 0 Å². The molecule has 164 valence electrons. The molecule has 0 bridgehead atoms. The van der Waals surface area contributed by atoms with Gasteiger partial charge < -0.3 is 14.6 Å². The Labute approximate surface area is 183 Å². The lowest BCUT2D eigenvalue weighted by atomic mass is 10.2. The molecule has 2 N–H and O–H groups in total. The third-order valence-corrected chi connectivity index (χ3v) is 4.77.